The highest BCUT2D eigenvalue weighted by molar-refractivity contribution is 7.47. The molecular weight excluding hydrogens is 966 g/mol. The van der Waals surface area contributed by atoms with Gasteiger partial charge in [-0.2, -0.15) is 0 Å². The standard InChI is InChI=1S/C66H126NO8P/c1-6-8-10-12-14-16-18-20-22-24-26-28-30-32-33-35-37-39-41-43-45-47-49-51-53-55-57-59-66(69)75-64(63-74-76(70,71)73-61-60-67(3,4)5)62-72-65(68)58-56-54-52-50-48-46-44-42-40-38-36-34-31-29-27-25-23-21-19-17-15-13-11-9-7-2/h18,20,24-27,64H,6-17,19,21-23,28-63H2,1-5H3/p+1/b20-18-,26-24-,27-25-. The molecule has 0 amide bonds. The van der Waals surface area contributed by atoms with Crippen LogP contribution in [0, 0.1) is 0 Å². The van der Waals surface area contributed by atoms with Crippen LogP contribution in [0.15, 0.2) is 36.5 Å². The van der Waals surface area contributed by atoms with Crippen molar-refractivity contribution in [2.24, 2.45) is 0 Å². The van der Waals surface area contributed by atoms with Crippen LogP contribution in [0.1, 0.15) is 322 Å². The lowest BCUT2D eigenvalue weighted by Crippen LogP contribution is -2.37. The Balaban J connectivity index is 4.06. The average molecular weight is 1090 g/mol. The lowest BCUT2D eigenvalue weighted by Gasteiger charge is -2.24. The van der Waals surface area contributed by atoms with Gasteiger partial charge in [-0.15, -0.1) is 0 Å². The van der Waals surface area contributed by atoms with Crippen molar-refractivity contribution in [3.05, 3.63) is 36.5 Å². The van der Waals surface area contributed by atoms with Gasteiger partial charge in [-0.1, -0.05) is 275 Å². The summed E-state index contributed by atoms with van der Waals surface area (Å²) in [5.41, 5.74) is 0. The molecule has 0 fully saturated rings. The first-order valence-electron chi connectivity index (χ1n) is 32.7. The molecule has 0 radical (unpaired) electrons. The molecule has 0 bridgehead atoms. The van der Waals surface area contributed by atoms with Gasteiger partial charge in [-0.25, -0.2) is 4.57 Å². The van der Waals surface area contributed by atoms with Gasteiger partial charge in [0.25, 0.3) is 0 Å². The van der Waals surface area contributed by atoms with E-state index < -0.39 is 26.5 Å². The molecule has 2 unspecified atom stereocenters. The number of rotatable bonds is 61. The summed E-state index contributed by atoms with van der Waals surface area (Å²) in [7, 11) is 1.49. The molecule has 0 aliphatic carbocycles. The van der Waals surface area contributed by atoms with Crippen molar-refractivity contribution in [2.45, 2.75) is 328 Å². The van der Waals surface area contributed by atoms with Crippen LogP contribution in [0.2, 0.25) is 0 Å². The molecule has 0 aromatic rings. The Kier molecular flexibility index (Phi) is 56.6. The van der Waals surface area contributed by atoms with E-state index in [0.29, 0.717) is 23.9 Å². The van der Waals surface area contributed by atoms with Gasteiger partial charge < -0.3 is 18.9 Å². The van der Waals surface area contributed by atoms with Crippen LogP contribution in [-0.4, -0.2) is 74.9 Å². The maximum Gasteiger partial charge on any atom is 0.472 e. The number of unbranched alkanes of at least 4 members (excludes halogenated alkanes) is 41. The fourth-order valence-electron chi connectivity index (χ4n) is 9.57. The molecule has 1 N–H and O–H groups in total. The van der Waals surface area contributed by atoms with Crippen molar-refractivity contribution in [1.82, 2.24) is 0 Å². The molecule has 9 nitrogen and oxygen atoms in total. The van der Waals surface area contributed by atoms with E-state index in [9.17, 15) is 19.0 Å². The largest absolute Gasteiger partial charge is 0.472 e. The summed E-state index contributed by atoms with van der Waals surface area (Å²) in [6, 6.07) is 0. The Morgan fingerprint density at radius 3 is 1.05 bits per heavy atom. The van der Waals surface area contributed by atoms with Gasteiger partial charge in [0.05, 0.1) is 27.7 Å². The lowest BCUT2D eigenvalue weighted by atomic mass is 10.0. The first-order valence-corrected chi connectivity index (χ1v) is 34.2. The summed E-state index contributed by atoms with van der Waals surface area (Å²) >= 11 is 0. The number of carbonyl (C=O) groups is 2. The average Bonchev–Trinajstić information content (AvgIpc) is 3.38. The molecule has 0 aromatic heterocycles. The monoisotopic (exact) mass is 1090 g/mol. The van der Waals surface area contributed by atoms with E-state index in [1.165, 1.54) is 250 Å². The van der Waals surface area contributed by atoms with Gasteiger partial charge in [0, 0.05) is 12.8 Å². The van der Waals surface area contributed by atoms with Crippen molar-refractivity contribution in [1.29, 1.82) is 0 Å². The normalized spacial score (nSPS) is 13.4. The zero-order valence-corrected chi connectivity index (χ0v) is 51.9. The van der Waals surface area contributed by atoms with Crippen LogP contribution in [0.25, 0.3) is 0 Å². The van der Waals surface area contributed by atoms with Crippen molar-refractivity contribution in [3.63, 3.8) is 0 Å². The molecule has 2 atom stereocenters. The third-order valence-corrected chi connectivity index (χ3v) is 15.6. The van der Waals surface area contributed by atoms with E-state index in [1.54, 1.807) is 0 Å². The zero-order chi connectivity index (χ0) is 55.6. The molecule has 10 heteroatoms. The minimum Gasteiger partial charge on any atom is -0.462 e. The topological polar surface area (TPSA) is 108 Å². The summed E-state index contributed by atoms with van der Waals surface area (Å²) in [4.78, 5) is 35.8. The van der Waals surface area contributed by atoms with E-state index in [0.717, 1.165) is 38.5 Å². The van der Waals surface area contributed by atoms with Crippen LogP contribution in [-0.2, 0) is 32.7 Å². The third-order valence-electron chi connectivity index (χ3n) is 14.6. The number of likely N-dealkylation sites (N-methyl/N-ethyl adjacent to an activating group) is 1. The fourth-order valence-corrected chi connectivity index (χ4v) is 10.3. The highest BCUT2D eigenvalue weighted by atomic mass is 31.2. The number of nitrogens with zero attached hydrogens (tertiary/aromatic N) is 1. The molecule has 76 heavy (non-hydrogen) atoms. The van der Waals surface area contributed by atoms with Crippen LogP contribution < -0.4 is 0 Å². The molecule has 0 saturated carbocycles. The summed E-state index contributed by atoms with van der Waals surface area (Å²) < 4.78 is 34.7. The minimum absolute atomic E-state index is 0.0335. The maximum atomic E-state index is 12.9. The van der Waals surface area contributed by atoms with E-state index >= 15 is 0 Å². The van der Waals surface area contributed by atoms with E-state index in [4.69, 9.17) is 18.5 Å². The Morgan fingerprint density at radius 1 is 0.408 bits per heavy atom. The molecule has 0 saturated heterocycles. The summed E-state index contributed by atoms with van der Waals surface area (Å²) in [6.07, 6.45) is 72.3. The van der Waals surface area contributed by atoms with E-state index in [1.807, 2.05) is 21.1 Å². The summed E-state index contributed by atoms with van der Waals surface area (Å²) in [6.45, 7) is 4.48. The Bertz CT molecular complexity index is 1380. The third kappa shape index (κ3) is 61.4. The Hall–Kier alpha value is -1.77. The number of allylic oxidation sites excluding steroid dienone is 6. The molecule has 0 aromatic carbocycles. The number of hydrogen-bond acceptors (Lipinski definition) is 7. The molecule has 0 rings (SSSR count). The molecule has 0 heterocycles. The van der Waals surface area contributed by atoms with E-state index in [-0.39, 0.29) is 25.6 Å². The summed E-state index contributed by atoms with van der Waals surface area (Å²) in [5.74, 6) is -0.781. The first-order chi connectivity index (χ1) is 37.0. The number of phosphoric acid groups is 1. The number of carbonyl (C=O) groups excluding carboxylic acids is 2. The van der Waals surface area contributed by atoms with Crippen LogP contribution in [0.4, 0.5) is 0 Å². The quantitative estimate of drug-likeness (QED) is 0.0211. The van der Waals surface area contributed by atoms with Gasteiger partial charge in [0.1, 0.15) is 19.8 Å². The van der Waals surface area contributed by atoms with Crippen molar-refractivity contribution >= 4 is 19.8 Å². The molecule has 448 valence electrons. The second-order valence-corrected chi connectivity index (χ2v) is 25.0. The van der Waals surface area contributed by atoms with Gasteiger partial charge in [-0.05, 0) is 70.6 Å². The second-order valence-electron chi connectivity index (χ2n) is 23.5. The predicted molar refractivity (Wildman–Crippen MR) is 326 cm³/mol. The second kappa shape index (κ2) is 57.9. The smallest absolute Gasteiger partial charge is 0.462 e. The first kappa shape index (κ1) is 74.2. The number of ether oxygens (including phenoxy) is 2. The van der Waals surface area contributed by atoms with Crippen molar-refractivity contribution < 1.29 is 42.1 Å². The van der Waals surface area contributed by atoms with Gasteiger partial charge >= 0.3 is 19.8 Å². The summed E-state index contributed by atoms with van der Waals surface area (Å²) in [5, 5.41) is 0. The maximum absolute atomic E-state index is 12.9. The SMILES string of the molecule is CCCCCCC/C=C\C/C=C\CCCCCCCCCCCCCCCCCC(=O)OC(COC(=O)CCCCCCCCCCCCCCC/C=C\CCCCCCCCCC)COP(=O)(O)OCC[N+](C)(C)C. The zero-order valence-electron chi connectivity index (χ0n) is 51.0. The van der Waals surface area contributed by atoms with Crippen molar-refractivity contribution in [2.75, 3.05) is 47.5 Å². The lowest BCUT2D eigenvalue weighted by molar-refractivity contribution is -0.870. The highest BCUT2D eigenvalue weighted by Gasteiger charge is 2.27. The number of esters is 2. The molecular formula is C66H127NO8P+. The molecule has 0 aliphatic heterocycles. The van der Waals surface area contributed by atoms with E-state index in [2.05, 4.69) is 50.3 Å². The number of phosphoric ester groups is 1. The Morgan fingerprint density at radius 2 is 0.711 bits per heavy atom. The number of hydrogen-bond donors (Lipinski definition) is 1. The molecule has 0 spiro atoms. The highest BCUT2D eigenvalue weighted by Crippen LogP contribution is 2.43. The number of quaternary nitrogens is 1. The van der Waals surface area contributed by atoms with Crippen LogP contribution >= 0.6 is 7.82 Å². The molecule has 0 aliphatic rings. The predicted octanol–water partition coefficient (Wildman–Crippen LogP) is 20.7. The van der Waals surface area contributed by atoms with Crippen molar-refractivity contribution in [3.8, 4) is 0 Å². The van der Waals surface area contributed by atoms with Gasteiger partial charge in [-0.3, -0.25) is 18.6 Å². The van der Waals surface area contributed by atoms with Crippen LogP contribution in [0.3, 0.4) is 0 Å². The van der Waals surface area contributed by atoms with Gasteiger partial charge in [0.2, 0.25) is 0 Å². The Labute approximate surface area is 471 Å². The minimum atomic E-state index is -4.39. The van der Waals surface area contributed by atoms with Gasteiger partial charge in [0.15, 0.2) is 6.10 Å². The fraction of sp³-hybridized carbons (Fsp3) is 0.879. The van der Waals surface area contributed by atoms with Crippen LogP contribution in [0.5, 0.6) is 0 Å².